The lowest BCUT2D eigenvalue weighted by Gasteiger charge is -2.25. The molecular formula is C78H144NO8+. The predicted octanol–water partition coefficient (Wildman–Crippen LogP) is 23.5. The van der Waals surface area contributed by atoms with Crippen LogP contribution in [0.4, 0.5) is 0 Å². The van der Waals surface area contributed by atoms with Gasteiger partial charge in [-0.3, -0.25) is 9.59 Å². The molecule has 0 aromatic rings. The summed E-state index contributed by atoms with van der Waals surface area (Å²) < 4.78 is 23.0. The minimum atomic E-state index is -1.51. The van der Waals surface area contributed by atoms with Gasteiger partial charge in [0.2, 0.25) is 0 Å². The van der Waals surface area contributed by atoms with E-state index < -0.39 is 24.3 Å². The van der Waals surface area contributed by atoms with Crippen LogP contribution >= 0.6 is 0 Å². The second kappa shape index (κ2) is 68.9. The second-order valence-corrected chi connectivity index (χ2v) is 26.6. The summed E-state index contributed by atoms with van der Waals surface area (Å²) in [6, 6.07) is 0. The van der Waals surface area contributed by atoms with Gasteiger partial charge in [-0.15, -0.1) is 0 Å². The van der Waals surface area contributed by atoms with E-state index >= 15 is 0 Å². The largest absolute Gasteiger partial charge is 0.477 e. The molecule has 0 aromatic heterocycles. The van der Waals surface area contributed by atoms with Crippen LogP contribution in [0.2, 0.25) is 0 Å². The number of carbonyl (C=O) groups is 3. The van der Waals surface area contributed by atoms with E-state index in [0.29, 0.717) is 23.9 Å². The van der Waals surface area contributed by atoms with Crippen molar-refractivity contribution in [2.24, 2.45) is 0 Å². The van der Waals surface area contributed by atoms with Gasteiger partial charge in [-0.25, -0.2) is 4.79 Å². The first kappa shape index (κ1) is 84.0. The molecule has 0 aliphatic heterocycles. The van der Waals surface area contributed by atoms with E-state index in [1.165, 1.54) is 257 Å². The second-order valence-electron chi connectivity index (χ2n) is 26.6. The predicted molar refractivity (Wildman–Crippen MR) is 373 cm³/mol. The van der Waals surface area contributed by atoms with Gasteiger partial charge >= 0.3 is 17.9 Å². The summed E-state index contributed by atoms with van der Waals surface area (Å²) in [7, 11) is 5.98. The number of aliphatic carboxylic acids is 1. The van der Waals surface area contributed by atoms with E-state index in [1.807, 2.05) is 21.1 Å². The molecule has 1 N–H and O–H groups in total. The summed E-state index contributed by atoms with van der Waals surface area (Å²) in [5.41, 5.74) is 0. The number of unbranched alkanes of at least 4 members (excludes halogenated alkanes) is 45. The van der Waals surface area contributed by atoms with Crippen molar-refractivity contribution in [3.63, 3.8) is 0 Å². The maximum absolute atomic E-state index is 12.9. The van der Waals surface area contributed by atoms with Gasteiger partial charge < -0.3 is 28.5 Å². The maximum atomic E-state index is 12.9. The molecule has 0 saturated carbocycles. The summed E-state index contributed by atoms with van der Waals surface area (Å²) in [4.78, 5) is 37.6. The Hall–Kier alpha value is -3.01. The topological polar surface area (TPSA) is 108 Å². The Balaban J connectivity index is 3.96. The number of likely N-dealkylation sites (N-methyl/N-ethyl adjacent to an activating group) is 1. The van der Waals surface area contributed by atoms with Crippen molar-refractivity contribution in [2.45, 2.75) is 373 Å². The van der Waals surface area contributed by atoms with Crippen LogP contribution in [0.1, 0.15) is 361 Å². The van der Waals surface area contributed by atoms with Crippen LogP contribution in [0.3, 0.4) is 0 Å². The minimum absolute atomic E-state index is 0.181. The molecule has 0 heterocycles. The Morgan fingerprint density at radius 3 is 0.989 bits per heavy atom. The number of esters is 2. The van der Waals surface area contributed by atoms with Crippen LogP contribution in [-0.2, 0) is 33.3 Å². The van der Waals surface area contributed by atoms with Gasteiger partial charge in [0.05, 0.1) is 34.4 Å². The van der Waals surface area contributed by atoms with Gasteiger partial charge in [0.25, 0.3) is 6.29 Å². The summed E-state index contributed by atoms with van der Waals surface area (Å²) in [6.07, 6.45) is 88.0. The van der Waals surface area contributed by atoms with E-state index in [9.17, 15) is 19.5 Å². The molecular weight excluding hydrogens is 1080 g/mol. The number of quaternary nitrogens is 1. The van der Waals surface area contributed by atoms with Gasteiger partial charge in [-0.1, -0.05) is 331 Å². The van der Waals surface area contributed by atoms with Crippen LogP contribution in [0, 0.1) is 0 Å². The molecule has 0 rings (SSSR count). The van der Waals surface area contributed by atoms with Crippen molar-refractivity contribution in [3.05, 3.63) is 60.8 Å². The molecule has 0 aliphatic rings. The zero-order chi connectivity index (χ0) is 63.3. The van der Waals surface area contributed by atoms with E-state index in [4.69, 9.17) is 18.9 Å². The number of hydrogen-bond acceptors (Lipinski definition) is 7. The van der Waals surface area contributed by atoms with Gasteiger partial charge in [0.1, 0.15) is 13.2 Å². The molecule has 9 heteroatoms. The van der Waals surface area contributed by atoms with Crippen LogP contribution in [0.15, 0.2) is 60.8 Å². The zero-order valence-electron chi connectivity index (χ0n) is 58.2. The molecule has 0 aliphatic carbocycles. The van der Waals surface area contributed by atoms with Gasteiger partial charge in [0, 0.05) is 12.8 Å². The highest BCUT2D eigenvalue weighted by atomic mass is 16.7. The lowest BCUT2D eigenvalue weighted by molar-refractivity contribution is -0.870. The number of carboxylic acids is 1. The molecule has 0 radical (unpaired) electrons. The van der Waals surface area contributed by atoms with E-state index in [-0.39, 0.29) is 32.2 Å². The lowest BCUT2D eigenvalue weighted by atomic mass is 10.0. The SMILES string of the molecule is CC/C=C\C/C=C\C/C=C\C/C=C\CCCCCCCCCCCCC(=O)OC(COC(=O)CCCCCCCCCCCCCCCCCCCCCCCCCCCCC/C=C\CCCCCCCCCC)COC(OCC[N+](C)(C)C)C(=O)O. The zero-order valence-corrected chi connectivity index (χ0v) is 58.2. The van der Waals surface area contributed by atoms with Crippen molar-refractivity contribution >= 4 is 17.9 Å². The molecule has 0 amide bonds. The maximum Gasteiger partial charge on any atom is 0.361 e. The number of ether oxygens (including phenoxy) is 4. The number of allylic oxidation sites excluding steroid dienone is 10. The van der Waals surface area contributed by atoms with Crippen LogP contribution in [-0.4, -0.2) is 87.4 Å². The molecule has 2 unspecified atom stereocenters. The van der Waals surface area contributed by atoms with E-state index in [2.05, 4.69) is 74.6 Å². The standard InChI is InChI=1S/C78H143NO8/c1-6-8-10-12-14-16-18-20-22-24-26-28-30-31-32-33-34-35-36-37-38-39-40-41-42-43-44-45-47-48-50-52-54-56-58-60-62-64-66-68-75(80)85-72-74(73-86-78(77(82)83)84-71-70-79(3,4)5)87-76(81)69-67-65-63-61-59-57-55-53-51-49-46-29-27-25-23-21-19-17-15-13-11-9-7-2/h9,11,15,17,21,23-24,26-27,29,74,78H,6-8,10,12-14,16,18-20,22,25,28,30-73H2,1-5H3/p+1/b11-9-,17-15-,23-21-,26-24-,29-27-. The molecule has 87 heavy (non-hydrogen) atoms. The number of carbonyl (C=O) groups excluding carboxylic acids is 2. The smallest absolute Gasteiger partial charge is 0.361 e. The first-order valence-corrected chi connectivity index (χ1v) is 37.5. The Morgan fingerprint density at radius 2 is 0.655 bits per heavy atom. The Bertz CT molecular complexity index is 1610. The molecule has 0 saturated heterocycles. The number of rotatable bonds is 70. The average Bonchev–Trinajstić information content (AvgIpc) is 3.50. The molecule has 0 fully saturated rings. The van der Waals surface area contributed by atoms with Crippen LogP contribution in [0.5, 0.6) is 0 Å². The Labute approximate surface area is 539 Å². The quantitative estimate of drug-likeness (QED) is 0.0211. The average molecular weight is 1220 g/mol. The van der Waals surface area contributed by atoms with Crippen LogP contribution in [0.25, 0.3) is 0 Å². The van der Waals surface area contributed by atoms with E-state index in [1.54, 1.807) is 0 Å². The summed E-state index contributed by atoms with van der Waals surface area (Å²) in [6.45, 7) is 4.81. The fourth-order valence-electron chi connectivity index (χ4n) is 11.1. The minimum Gasteiger partial charge on any atom is -0.477 e. The lowest BCUT2D eigenvalue weighted by Crippen LogP contribution is -2.40. The Morgan fingerprint density at radius 1 is 0.356 bits per heavy atom. The summed E-state index contributed by atoms with van der Waals surface area (Å²) in [5.74, 6) is -1.99. The monoisotopic (exact) mass is 1220 g/mol. The fourth-order valence-corrected chi connectivity index (χ4v) is 11.1. The number of carboxylic acid groups (broad SMARTS) is 1. The van der Waals surface area contributed by atoms with E-state index in [0.717, 1.165) is 70.6 Å². The van der Waals surface area contributed by atoms with Gasteiger partial charge in [0.15, 0.2) is 6.10 Å². The third kappa shape index (κ3) is 70.3. The third-order valence-electron chi connectivity index (χ3n) is 16.8. The fraction of sp³-hybridized carbons (Fsp3) is 0.833. The van der Waals surface area contributed by atoms with Gasteiger partial charge in [-0.2, -0.15) is 0 Å². The highest BCUT2D eigenvalue weighted by Crippen LogP contribution is 2.19. The normalized spacial score (nSPS) is 13.0. The molecule has 9 nitrogen and oxygen atoms in total. The molecule has 508 valence electrons. The first-order valence-electron chi connectivity index (χ1n) is 37.5. The highest BCUT2D eigenvalue weighted by molar-refractivity contribution is 5.71. The molecule has 2 atom stereocenters. The third-order valence-corrected chi connectivity index (χ3v) is 16.8. The van der Waals surface area contributed by atoms with Crippen LogP contribution < -0.4 is 0 Å². The molecule has 0 bridgehead atoms. The number of nitrogens with zero attached hydrogens (tertiary/aromatic N) is 1. The van der Waals surface area contributed by atoms with Crippen molar-refractivity contribution < 1.29 is 42.9 Å². The molecule has 0 spiro atoms. The highest BCUT2D eigenvalue weighted by Gasteiger charge is 2.25. The number of hydrogen-bond donors (Lipinski definition) is 1. The van der Waals surface area contributed by atoms with Crippen molar-refractivity contribution in [3.8, 4) is 0 Å². The van der Waals surface area contributed by atoms with Crippen molar-refractivity contribution in [1.29, 1.82) is 0 Å². The first-order chi connectivity index (χ1) is 42.6. The summed E-state index contributed by atoms with van der Waals surface area (Å²) in [5, 5.41) is 9.75. The van der Waals surface area contributed by atoms with Crippen molar-refractivity contribution in [1.82, 2.24) is 0 Å². The summed E-state index contributed by atoms with van der Waals surface area (Å²) >= 11 is 0. The van der Waals surface area contributed by atoms with Gasteiger partial charge in [-0.05, 0) is 77.0 Å². The molecule has 0 aromatic carbocycles. The van der Waals surface area contributed by atoms with Crippen molar-refractivity contribution in [2.75, 3.05) is 47.5 Å². The Kier molecular flexibility index (Phi) is 66.5.